The normalized spacial score (nSPS) is 20.1. The van der Waals surface area contributed by atoms with Crippen LogP contribution in [-0.2, 0) is 33.6 Å². The summed E-state index contributed by atoms with van der Waals surface area (Å²) in [4.78, 5) is 21.4. The molecule has 0 aliphatic heterocycles. The van der Waals surface area contributed by atoms with E-state index in [9.17, 15) is 35.9 Å². The molecule has 14 heteroatoms. The number of carbonyl (C=O) groups is 1. The average Bonchev–Trinajstić information content (AvgIpc) is 3.44. The predicted molar refractivity (Wildman–Crippen MR) is 125 cm³/mol. The molecule has 1 fully saturated rings. The zero-order valence-corrected chi connectivity index (χ0v) is 20.6. The average molecular weight is 557 g/mol. The maximum Gasteiger partial charge on any atom is 0.419 e. The Bertz CT molecular complexity index is 1430. The summed E-state index contributed by atoms with van der Waals surface area (Å²) in [5, 5.41) is 15.1. The second-order valence-electron chi connectivity index (χ2n) is 9.24. The molecule has 0 saturated heterocycles. The lowest BCUT2D eigenvalue weighted by Gasteiger charge is -2.13. The van der Waals surface area contributed by atoms with Crippen molar-refractivity contribution >= 4 is 16.1 Å². The van der Waals surface area contributed by atoms with Crippen LogP contribution in [0.25, 0.3) is 0 Å². The van der Waals surface area contributed by atoms with Gasteiger partial charge in [0.25, 0.3) is 0 Å². The van der Waals surface area contributed by atoms with Gasteiger partial charge < -0.3 is 9.67 Å². The van der Waals surface area contributed by atoms with Crippen LogP contribution in [0.4, 0.5) is 17.6 Å². The van der Waals surface area contributed by atoms with Gasteiger partial charge in [0.15, 0.2) is 5.78 Å². The number of hydrogen-bond acceptors (Lipinski definition) is 7. The van der Waals surface area contributed by atoms with E-state index in [-0.39, 0.29) is 35.8 Å². The van der Waals surface area contributed by atoms with Crippen molar-refractivity contribution in [3.63, 3.8) is 0 Å². The summed E-state index contributed by atoms with van der Waals surface area (Å²) in [6.07, 6.45) is 1.12. The monoisotopic (exact) mass is 556 g/mol. The number of aliphatic hydroxyl groups excluding tert-OH is 1. The van der Waals surface area contributed by atoms with Crippen LogP contribution in [0.1, 0.15) is 45.6 Å². The van der Waals surface area contributed by atoms with Gasteiger partial charge >= 0.3 is 16.5 Å². The fraction of sp³-hybridized carbons (Fsp3) is 0.375. The minimum atomic E-state index is -4.83. The van der Waals surface area contributed by atoms with E-state index in [4.69, 9.17) is 5.14 Å². The maximum absolute atomic E-state index is 13.6. The number of nitrogens with two attached hydrogens (primary N) is 1. The molecule has 1 aliphatic carbocycles. The van der Waals surface area contributed by atoms with Gasteiger partial charge in [-0.1, -0.05) is 6.07 Å². The first-order chi connectivity index (χ1) is 17.8. The van der Waals surface area contributed by atoms with Crippen molar-refractivity contribution < 1.29 is 40.1 Å². The van der Waals surface area contributed by atoms with Gasteiger partial charge in [0.05, 0.1) is 29.5 Å². The molecule has 38 heavy (non-hydrogen) atoms. The molecule has 0 amide bonds. The van der Waals surface area contributed by atoms with E-state index in [0.29, 0.717) is 25.0 Å². The van der Waals surface area contributed by atoms with E-state index >= 15 is 0 Å². The molecule has 0 spiro atoms. The summed E-state index contributed by atoms with van der Waals surface area (Å²) in [6, 6.07) is 4.24. The van der Waals surface area contributed by atoms with E-state index in [1.807, 2.05) is 0 Å². The van der Waals surface area contributed by atoms with Crippen LogP contribution in [0.15, 0.2) is 49.2 Å². The molecule has 3 aromatic rings. The van der Waals surface area contributed by atoms with E-state index in [1.54, 1.807) is 0 Å². The van der Waals surface area contributed by atoms with Gasteiger partial charge in [0, 0.05) is 36.6 Å². The van der Waals surface area contributed by atoms with Crippen LogP contribution >= 0.6 is 0 Å². The zero-order chi connectivity index (χ0) is 27.7. The van der Waals surface area contributed by atoms with Gasteiger partial charge in [-0.05, 0) is 48.9 Å². The molecule has 3 atom stereocenters. The Kier molecular flexibility index (Phi) is 7.97. The summed E-state index contributed by atoms with van der Waals surface area (Å²) in [7, 11) is -4.13. The number of aromatic nitrogens is 3. The Hall–Kier alpha value is -3.20. The smallest absolute Gasteiger partial charge is 0.393 e. The molecule has 2 aromatic heterocycles. The molecule has 0 unspecified atom stereocenters. The lowest BCUT2D eigenvalue weighted by Crippen LogP contribution is -2.24. The molecule has 3 N–H and O–H groups in total. The number of halogens is 4. The number of carbonyl (C=O) groups excluding carboxylic acids is 1. The van der Waals surface area contributed by atoms with Gasteiger partial charge in [-0.3, -0.25) is 8.98 Å². The Morgan fingerprint density at radius 1 is 1.24 bits per heavy atom. The minimum Gasteiger partial charge on any atom is -0.393 e. The van der Waals surface area contributed by atoms with Crippen LogP contribution in [0.3, 0.4) is 0 Å². The third kappa shape index (κ3) is 6.81. The minimum absolute atomic E-state index is 0.0171. The topological polar surface area (TPSA) is 137 Å². The maximum atomic E-state index is 13.6. The van der Waals surface area contributed by atoms with Gasteiger partial charge in [0.1, 0.15) is 12.1 Å². The molecular weight excluding hydrogens is 532 g/mol. The number of nitrogens with zero attached hydrogens (tertiary/aromatic N) is 3. The zero-order valence-electron chi connectivity index (χ0n) is 19.8. The third-order valence-corrected chi connectivity index (χ3v) is 6.90. The highest BCUT2D eigenvalue weighted by molar-refractivity contribution is 7.84. The van der Waals surface area contributed by atoms with E-state index < -0.39 is 45.7 Å². The molecule has 0 radical (unpaired) electrons. The molecule has 1 saturated carbocycles. The summed E-state index contributed by atoms with van der Waals surface area (Å²) in [6.45, 7) is -0.269. The third-order valence-electron chi connectivity index (χ3n) is 6.44. The summed E-state index contributed by atoms with van der Waals surface area (Å²) in [5.41, 5.74) is -0.232. The van der Waals surface area contributed by atoms with Gasteiger partial charge in [0.2, 0.25) is 0 Å². The second kappa shape index (κ2) is 10.9. The van der Waals surface area contributed by atoms with Crippen molar-refractivity contribution in [3.05, 3.63) is 82.9 Å². The number of benzene rings is 1. The Morgan fingerprint density at radius 3 is 2.71 bits per heavy atom. The lowest BCUT2D eigenvalue weighted by atomic mass is 9.95. The Balaban J connectivity index is 1.46. The van der Waals surface area contributed by atoms with Gasteiger partial charge in [-0.2, -0.15) is 21.6 Å². The van der Waals surface area contributed by atoms with Crippen LogP contribution in [0.5, 0.6) is 0 Å². The number of rotatable bonds is 9. The van der Waals surface area contributed by atoms with E-state index in [0.717, 1.165) is 12.1 Å². The van der Waals surface area contributed by atoms with E-state index in [2.05, 4.69) is 14.2 Å². The molecular formula is C24H24F4N4O5S. The van der Waals surface area contributed by atoms with Crippen molar-refractivity contribution in [2.24, 2.45) is 17.0 Å². The SMILES string of the molecule is NS(=O)(=O)OC[C@H]1C[C@@H](Cc2ncncc2C(=O)c2ccn(Cc3ccc(F)c(C(F)(F)F)c3)c2)C[C@@H]1O. The fourth-order valence-corrected chi connectivity index (χ4v) is 5.02. The first-order valence-corrected chi connectivity index (χ1v) is 13.0. The Labute approximate surface area is 215 Å². The molecule has 4 rings (SSSR count). The molecule has 1 aliphatic rings. The summed E-state index contributed by atoms with van der Waals surface area (Å²) >= 11 is 0. The number of ketones is 1. The van der Waals surface area contributed by atoms with Crippen molar-refractivity contribution in [3.8, 4) is 0 Å². The van der Waals surface area contributed by atoms with Gasteiger partial charge in [-0.15, -0.1) is 0 Å². The van der Waals surface area contributed by atoms with Crippen LogP contribution in [0, 0.1) is 17.7 Å². The fourth-order valence-electron chi connectivity index (χ4n) is 4.65. The number of alkyl halides is 3. The van der Waals surface area contributed by atoms with Crippen molar-refractivity contribution in [2.45, 2.75) is 38.1 Å². The largest absolute Gasteiger partial charge is 0.419 e. The predicted octanol–water partition coefficient (Wildman–Crippen LogP) is 2.87. The van der Waals surface area contributed by atoms with Gasteiger partial charge in [-0.25, -0.2) is 19.5 Å². The second-order valence-corrected chi connectivity index (χ2v) is 10.5. The first kappa shape index (κ1) is 27.8. The molecule has 9 nitrogen and oxygen atoms in total. The van der Waals surface area contributed by atoms with Crippen LogP contribution < -0.4 is 5.14 Å². The highest BCUT2D eigenvalue weighted by atomic mass is 32.2. The quantitative estimate of drug-likeness (QED) is 0.305. The molecule has 204 valence electrons. The van der Waals surface area contributed by atoms with Crippen molar-refractivity contribution in [1.29, 1.82) is 0 Å². The first-order valence-electron chi connectivity index (χ1n) is 11.5. The van der Waals surface area contributed by atoms with Crippen molar-refractivity contribution in [2.75, 3.05) is 6.61 Å². The Morgan fingerprint density at radius 2 is 2.00 bits per heavy atom. The molecule has 0 bridgehead atoms. The summed E-state index contributed by atoms with van der Waals surface area (Å²) < 4.78 is 80.9. The van der Waals surface area contributed by atoms with Crippen LogP contribution in [-0.4, -0.2) is 46.6 Å². The highest BCUT2D eigenvalue weighted by Gasteiger charge is 2.35. The highest BCUT2D eigenvalue weighted by Crippen LogP contribution is 2.35. The van der Waals surface area contributed by atoms with E-state index in [1.165, 1.54) is 41.6 Å². The molecule has 1 aromatic carbocycles. The summed E-state index contributed by atoms with van der Waals surface area (Å²) in [5.74, 6) is -2.31. The van der Waals surface area contributed by atoms with Crippen molar-refractivity contribution in [1.82, 2.24) is 14.5 Å². The lowest BCUT2D eigenvalue weighted by molar-refractivity contribution is -0.140. The number of hydrogen-bond donors (Lipinski definition) is 2. The van der Waals surface area contributed by atoms with Crippen LogP contribution in [0.2, 0.25) is 0 Å². The molecule has 2 heterocycles. The standard InChI is InChI=1S/C24H24F4N4O5S/c25-20-2-1-14(6-19(20)24(26,27)28)10-32-4-3-16(11-32)23(34)18-9-30-13-31-21(18)7-15-5-17(22(33)8-15)12-37-38(29,35)36/h1-4,6,9,11,13,15,17,22,33H,5,7-8,10,12H2,(H2,29,35,36)/t15-,17+,22-/m0/s1. The number of aliphatic hydroxyl groups is 1.